The van der Waals surface area contributed by atoms with Gasteiger partial charge in [0, 0.05) is 5.39 Å². The summed E-state index contributed by atoms with van der Waals surface area (Å²) in [6, 6.07) is 13.8. The van der Waals surface area contributed by atoms with Crippen molar-refractivity contribution in [3.63, 3.8) is 0 Å². The van der Waals surface area contributed by atoms with Gasteiger partial charge in [0.1, 0.15) is 6.54 Å². The lowest BCUT2D eigenvalue weighted by Crippen LogP contribution is -2.34. The third kappa shape index (κ3) is 4.14. The van der Waals surface area contributed by atoms with E-state index in [-0.39, 0.29) is 11.6 Å². The van der Waals surface area contributed by atoms with Crippen molar-refractivity contribution in [2.75, 3.05) is 17.1 Å². The smallest absolute Gasteiger partial charge is 0.285 e. The Morgan fingerprint density at radius 1 is 1.15 bits per heavy atom. The van der Waals surface area contributed by atoms with Gasteiger partial charge in [-0.25, -0.2) is 8.42 Å². The molecule has 1 aromatic heterocycles. The first-order valence-corrected chi connectivity index (χ1v) is 9.89. The van der Waals surface area contributed by atoms with Crippen LogP contribution >= 0.6 is 0 Å². The molecule has 9 heteroatoms. The Kier molecular flexibility index (Phi) is 4.95. The molecule has 0 spiro atoms. The highest BCUT2D eigenvalue weighted by Gasteiger charge is 2.21. The number of nitrogens with one attached hydrogen (secondary N) is 1. The maximum Gasteiger partial charge on any atom is 0.285 e. The fourth-order valence-electron chi connectivity index (χ4n) is 2.59. The average Bonchev–Trinajstić information content (AvgIpc) is 2.93. The number of sulfonamides is 1. The number of anilines is 1. The fraction of sp³-hybridized carbons (Fsp3) is 0.167. The minimum absolute atomic E-state index is 0.125. The Labute approximate surface area is 156 Å². The number of para-hydroxylation sites is 1. The number of amides is 1. The quantitative estimate of drug-likeness (QED) is 0.655. The number of fused-ring (bicyclic) bond motifs is 1. The number of carbonyl (C=O) groups excluding carboxylic acids is 1. The molecular formula is C18H18N4O4S. The minimum Gasteiger partial charge on any atom is -0.493 e. The van der Waals surface area contributed by atoms with Gasteiger partial charge in [-0.2, -0.15) is 0 Å². The van der Waals surface area contributed by atoms with Gasteiger partial charge in [-0.15, -0.1) is 10.2 Å². The molecule has 2 N–H and O–H groups in total. The zero-order valence-electron chi connectivity index (χ0n) is 14.7. The zero-order chi connectivity index (χ0) is 19.6. The van der Waals surface area contributed by atoms with Crippen molar-refractivity contribution in [1.29, 1.82) is 0 Å². The van der Waals surface area contributed by atoms with Crippen LogP contribution in [0.25, 0.3) is 10.9 Å². The zero-order valence-corrected chi connectivity index (χ0v) is 15.6. The van der Waals surface area contributed by atoms with Gasteiger partial charge in [-0.3, -0.25) is 9.10 Å². The predicted molar refractivity (Wildman–Crippen MR) is 103 cm³/mol. The topological polar surface area (TPSA) is 115 Å². The van der Waals surface area contributed by atoms with Gasteiger partial charge in [-0.05, 0) is 25.1 Å². The van der Waals surface area contributed by atoms with Gasteiger partial charge in [0.05, 0.1) is 17.5 Å². The normalized spacial score (nSPS) is 11.9. The monoisotopic (exact) mass is 386 g/mol. The molecule has 3 rings (SSSR count). The number of hydrogen-bond acceptors (Lipinski definition) is 5. The molecule has 1 heterocycles. The first-order chi connectivity index (χ1) is 12.8. The Morgan fingerprint density at radius 3 is 2.48 bits per heavy atom. The number of carbonyl (C=O) groups is 1. The van der Waals surface area contributed by atoms with Crippen LogP contribution < -0.4 is 4.31 Å². The van der Waals surface area contributed by atoms with E-state index in [1.165, 1.54) is 0 Å². The molecule has 0 saturated carbocycles. The van der Waals surface area contributed by atoms with Crippen LogP contribution in [0, 0.1) is 6.92 Å². The molecule has 27 heavy (non-hydrogen) atoms. The van der Waals surface area contributed by atoms with Gasteiger partial charge < -0.3 is 10.1 Å². The van der Waals surface area contributed by atoms with Gasteiger partial charge in [0.2, 0.25) is 15.9 Å². The highest BCUT2D eigenvalue weighted by molar-refractivity contribution is 7.92. The molecule has 0 atom stereocenters. The third-order valence-electron chi connectivity index (χ3n) is 3.92. The second-order valence-corrected chi connectivity index (χ2v) is 7.97. The van der Waals surface area contributed by atoms with Crippen molar-refractivity contribution >= 4 is 38.2 Å². The van der Waals surface area contributed by atoms with E-state index in [4.69, 9.17) is 0 Å². The molecule has 0 saturated heterocycles. The molecule has 0 fully saturated rings. The summed E-state index contributed by atoms with van der Waals surface area (Å²) in [6.07, 6.45) is 1.02. The van der Waals surface area contributed by atoms with E-state index < -0.39 is 22.5 Å². The Balaban J connectivity index is 1.85. The molecule has 140 valence electrons. The molecular weight excluding hydrogens is 368 g/mol. The first kappa shape index (κ1) is 18.6. The Bertz CT molecular complexity index is 1120. The number of aromatic hydroxyl groups is 1. The first-order valence-electron chi connectivity index (χ1n) is 8.04. The number of rotatable bonds is 5. The predicted octanol–water partition coefficient (Wildman–Crippen LogP) is 3.26. The summed E-state index contributed by atoms with van der Waals surface area (Å²) >= 11 is 0. The van der Waals surface area contributed by atoms with E-state index >= 15 is 0 Å². The van der Waals surface area contributed by atoms with Gasteiger partial charge in [0.25, 0.3) is 5.91 Å². The number of hydrogen-bond donors (Lipinski definition) is 2. The van der Waals surface area contributed by atoms with Crippen molar-refractivity contribution < 1.29 is 18.3 Å². The molecule has 2 aromatic carbocycles. The molecule has 0 aliphatic rings. The van der Waals surface area contributed by atoms with Crippen LogP contribution in [-0.4, -0.2) is 37.2 Å². The van der Waals surface area contributed by atoms with E-state index in [0.717, 1.165) is 16.1 Å². The lowest BCUT2D eigenvalue weighted by Gasteiger charge is -2.20. The van der Waals surface area contributed by atoms with E-state index in [1.54, 1.807) is 48.5 Å². The number of aromatic nitrogens is 1. The number of nitrogens with zero attached hydrogens (tertiary/aromatic N) is 3. The summed E-state index contributed by atoms with van der Waals surface area (Å²) in [5.74, 6) is -0.975. The van der Waals surface area contributed by atoms with Crippen LogP contribution in [-0.2, 0) is 14.8 Å². The lowest BCUT2D eigenvalue weighted by molar-refractivity contribution is -0.116. The van der Waals surface area contributed by atoms with Crippen LogP contribution in [0.2, 0.25) is 0 Å². The van der Waals surface area contributed by atoms with Crippen LogP contribution in [0.4, 0.5) is 11.4 Å². The molecule has 0 aliphatic heterocycles. The average molecular weight is 386 g/mol. The summed E-state index contributed by atoms with van der Waals surface area (Å²) in [6.45, 7) is 1.39. The van der Waals surface area contributed by atoms with Crippen LogP contribution in [0.15, 0.2) is 58.8 Å². The number of azo groups is 1. The van der Waals surface area contributed by atoms with E-state index in [9.17, 15) is 18.3 Å². The third-order valence-corrected chi connectivity index (χ3v) is 5.06. The molecule has 0 aliphatic carbocycles. The Morgan fingerprint density at radius 2 is 1.81 bits per heavy atom. The van der Waals surface area contributed by atoms with Crippen LogP contribution in [0.5, 0.6) is 5.88 Å². The summed E-state index contributed by atoms with van der Waals surface area (Å²) in [5.41, 5.74) is 2.10. The summed E-state index contributed by atoms with van der Waals surface area (Å²) in [5, 5.41) is 17.9. The van der Waals surface area contributed by atoms with Crippen LogP contribution in [0.1, 0.15) is 5.56 Å². The highest BCUT2D eigenvalue weighted by atomic mass is 32.2. The number of aromatic amines is 1. The van der Waals surface area contributed by atoms with Crippen molar-refractivity contribution in [3.05, 3.63) is 54.1 Å². The van der Waals surface area contributed by atoms with Crippen molar-refractivity contribution in [1.82, 2.24) is 4.98 Å². The van der Waals surface area contributed by atoms with Gasteiger partial charge in [0.15, 0.2) is 5.69 Å². The van der Waals surface area contributed by atoms with E-state index in [0.29, 0.717) is 16.6 Å². The largest absolute Gasteiger partial charge is 0.493 e. The van der Waals surface area contributed by atoms with Crippen molar-refractivity contribution in [3.8, 4) is 5.88 Å². The Hall–Kier alpha value is -3.20. The molecule has 8 nitrogen and oxygen atoms in total. The maximum absolute atomic E-state index is 12.2. The summed E-state index contributed by atoms with van der Waals surface area (Å²) in [4.78, 5) is 15.0. The summed E-state index contributed by atoms with van der Waals surface area (Å²) < 4.78 is 25.1. The van der Waals surface area contributed by atoms with Crippen molar-refractivity contribution in [2.45, 2.75) is 6.92 Å². The summed E-state index contributed by atoms with van der Waals surface area (Å²) in [7, 11) is -3.69. The van der Waals surface area contributed by atoms with Crippen LogP contribution in [0.3, 0.4) is 0 Å². The number of H-pyrrole nitrogens is 1. The lowest BCUT2D eigenvalue weighted by atomic mass is 10.2. The highest BCUT2D eigenvalue weighted by Crippen LogP contribution is 2.35. The molecule has 1 amide bonds. The van der Waals surface area contributed by atoms with E-state index in [2.05, 4.69) is 15.2 Å². The standard InChI is InChI=1S/C18H18N4O4S/c1-12-7-9-13(10-8-12)22(27(2,25)26)11-16(23)20-21-17-14-5-3-4-6-15(14)19-18(17)24/h3-10,19,24H,11H2,1-2H3. The number of aryl methyl sites for hydroxylation is 1. The second kappa shape index (κ2) is 7.20. The molecule has 0 bridgehead atoms. The second-order valence-electron chi connectivity index (χ2n) is 6.07. The van der Waals surface area contributed by atoms with Gasteiger partial charge >= 0.3 is 0 Å². The number of benzene rings is 2. The van der Waals surface area contributed by atoms with E-state index in [1.807, 2.05) is 6.92 Å². The SMILES string of the molecule is Cc1ccc(N(CC(=O)N=Nc2c(O)[nH]c3ccccc23)S(C)(=O)=O)cc1. The minimum atomic E-state index is -3.69. The molecule has 3 aromatic rings. The molecule has 0 radical (unpaired) electrons. The fourth-order valence-corrected chi connectivity index (χ4v) is 3.44. The maximum atomic E-state index is 12.2. The van der Waals surface area contributed by atoms with Gasteiger partial charge in [-0.1, -0.05) is 35.9 Å². The van der Waals surface area contributed by atoms with Crippen molar-refractivity contribution in [2.24, 2.45) is 10.2 Å². The molecule has 0 unspecified atom stereocenters.